The van der Waals surface area contributed by atoms with Crippen LogP contribution in [-0.2, 0) is 32.6 Å². The Bertz CT molecular complexity index is 1250. The van der Waals surface area contributed by atoms with Gasteiger partial charge in [0.1, 0.15) is 0 Å². The largest absolute Gasteiger partial charge is 0.334 e. The third kappa shape index (κ3) is 4.35. The fraction of sp³-hybridized carbons (Fsp3) is 0.400. The third-order valence-electron chi connectivity index (χ3n) is 6.63. The standard InChI is InChI=1S/C25H27N5OS2/c1-28(12-19-15-32-16-26-19)25(31)24-21-14-29(9-8-22(21)30(27-24)11-17-6-7-17)13-20-10-18-4-2-3-5-23(18)33-20/h2-5,10,15-17H,6-9,11-14H2,1H3. The van der Waals surface area contributed by atoms with Crippen LogP contribution in [0, 0.1) is 5.92 Å². The van der Waals surface area contributed by atoms with Crippen LogP contribution >= 0.6 is 22.7 Å². The topological polar surface area (TPSA) is 54.3 Å². The average molecular weight is 478 g/mol. The van der Waals surface area contributed by atoms with Gasteiger partial charge in [-0.3, -0.25) is 14.4 Å². The van der Waals surface area contributed by atoms with Crippen molar-refractivity contribution in [3.05, 3.63) is 68.7 Å². The first-order valence-electron chi connectivity index (χ1n) is 11.5. The number of aromatic nitrogens is 3. The van der Waals surface area contributed by atoms with Crippen LogP contribution in [0.25, 0.3) is 10.1 Å². The van der Waals surface area contributed by atoms with Crippen LogP contribution < -0.4 is 0 Å². The molecule has 1 amide bonds. The molecule has 3 aromatic heterocycles. The zero-order valence-corrected chi connectivity index (χ0v) is 20.4. The zero-order valence-electron chi connectivity index (χ0n) is 18.7. The quantitative estimate of drug-likeness (QED) is 0.384. The van der Waals surface area contributed by atoms with Gasteiger partial charge in [-0.15, -0.1) is 22.7 Å². The summed E-state index contributed by atoms with van der Waals surface area (Å²) in [5.74, 6) is 0.721. The molecular formula is C25H27N5OS2. The Hall–Kier alpha value is -2.55. The van der Waals surface area contributed by atoms with Gasteiger partial charge in [0.15, 0.2) is 5.69 Å². The molecule has 0 N–H and O–H groups in total. The summed E-state index contributed by atoms with van der Waals surface area (Å²) in [6.07, 6.45) is 3.50. The van der Waals surface area contributed by atoms with E-state index < -0.39 is 0 Å². The highest BCUT2D eigenvalue weighted by molar-refractivity contribution is 7.19. The zero-order chi connectivity index (χ0) is 22.4. The van der Waals surface area contributed by atoms with E-state index in [0.717, 1.165) is 49.8 Å². The first kappa shape index (κ1) is 21.0. The van der Waals surface area contributed by atoms with Crippen LogP contribution in [0.4, 0.5) is 0 Å². The molecule has 2 aliphatic rings. The SMILES string of the molecule is CN(Cc1cscn1)C(=O)c1nn(CC2CC2)c2c1CN(Cc1cc3ccccc3s1)CC2. The molecule has 33 heavy (non-hydrogen) atoms. The van der Waals surface area contributed by atoms with Gasteiger partial charge >= 0.3 is 0 Å². The highest BCUT2D eigenvalue weighted by atomic mass is 32.1. The molecule has 0 bridgehead atoms. The monoisotopic (exact) mass is 477 g/mol. The van der Waals surface area contributed by atoms with Gasteiger partial charge < -0.3 is 4.90 Å². The highest BCUT2D eigenvalue weighted by Gasteiger charge is 2.32. The number of amides is 1. The van der Waals surface area contributed by atoms with Crippen molar-refractivity contribution in [3.63, 3.8) is 0 Å². The molecule has 0 saturated heterocycles. The Morgan fingerprint density at radius 3 is 2.94 bits per heavy atom. The van der Waals surface area contributed by atoms with E-state index in [9.17, 15) is 4.79 Å². The van der Waals surface area contributed by atoms with Gasteiger partial charge in [0.25, 0.3) is 5.91 Å². The van der Waals surface area contributed by atoms with Crippen LogP contribution in [0.15, 0.2) is 41.2 Å². The second-order valence-electron chi connectivity index (χ2n) is 9.25. The maximum atomic E-state index is 13.4. The summed E-state index contributed by atoms with van der Waals surface area (Å²) < 4.78 is 3.48. The van der Waals surface area contributed by atoms with E-state index in [1.165, 1.54) is 33.5 Å². The molecule has 170 valence electrons. The number of hydrogen-bond acceptors (Lipinski definition) is 6. The molecule has 1 saturated carbocycles. The first-order chi connectivity index (χ1) is 16.1. The Morgan fingerprint density at radius 2 is 2.15 bits per heavy atom. The van der Waals surface area contributed by atoms with Crippen LogP contribution in [0.2, 0.25) is 0 Å². The Labute approximate surface area is 201 Å². The van der Waals surface area contributed by atoms with Crippen molar-refractivity contribution in [1.82, 2.24) is 24.6 Å². The molecule has 8 heteroatoms. The predicted molar refractivity (Wildman–Crippen MR) is 133 cm³/mol. The van der Waals surface area contributed by atoms with Crippen molar-refractivity contribution >= 4 is 38.7 Å². The average Bonchev–Trinajstić information content (AvgIpc) is 3.19. The fourth-order valence-electron chi connectivity index (χ4n) is 4.70. The number of carbonyl (C=O) groups excluding carboxylic acids is 1. The van der Waals surface area contributed by atoms with E-state index in [4.69, 9.17) is 5.10 Å². The van der Waals surface area contributed by atoms with Gasteiger partial charge in [-0.05, 0) is 36.3 Å². The summed E-state index contributed by atoms with van der Waals surface area (Å²) in [5.41, 5.74) is 5.75. The maximum Gasteiger partial charge on any atom is 0.274 e. The van der Waals surface area contributed by atoms with E-state index in [0.29, 0.717) is 12.2 Å². The minimum absolute atomic E-state index is 0.00231. The summed E-state index contributed by atoms with van der Waals surface area (Å²) in [6.45, 7) is 4.15. The van der Waals surface area contributed by atoms with Gasteiger partial charge in [0.05, 0.1) is 17.7 Å². The van der Waals surface area contributed by atoms with Crippen molar-refractivity contribution in [2.24, 2.45) is 5.92 Å². The molecule has 4 heterocycles. The number of hydrogen-bond donors (Lipinski definition) is 0. The molecular weight excluding hydrogens is 450 g/mol. The molecule has 1 fully saturated rings. The molecule has 0 unspecified atom stereocenters. The van der Waals surface area contributed by atoms with E-state index in [1.54, 1.807) is 16.2 Å². The third-order valence-corrected chi connectivity index (χ3v) is 8.37. The number of thiazole rings is 1. The minimum Gasteiger partial charge on any atom is -0.334 e. The Kier molecular flexibility index (Phi) is 5.52. The second-order valence-corrected chi connectivity index (χ2v) is 11.1. The fourth-order valence-corrected chi connectivity index (χ4v) is 6.35. The number of thiophene rings is 1. The predicted octanol–water partition coefficient (Wildman–Crippen LogP) is 4.79. The van der Waals surface area contributed by atoms with Crippen LogP contribution in [0.3, 0.4) is 0 Å². The second kappa shape index (κ2) is 8.66. The van der Waals surface area contributed by atoms with Crippen molar-refractivity contribution in [1.29, 1.82) is 0 Å². The smallest absolute Gasteiger partial charge is 0.274 e. The van der Waals surface area contributed by atoms with E-state index in [1.807, 2.05) is 29.3 Å². The van der Waals surface area contributed by atoms with Gasteiger partial charge in [-0.25, -0.2) is 4.98 Å². The molecule has 1 aliphatic carbocycles. The molecule has 0 radical (unpaired) electrons. The van der Waals surface area contributed by atoms with Crippen molar-refractivity contribution in [2.45, 2.75) is 45.4 Å². The van der Waals surface area contributed by atoms with E-state index in [2.05, 4.69) is 44.9 Å². The Morgan fingerprint density at radius 1 is 1.27 bits per heavy atom. The van der Waals surface area contributed by atoms with Crippen LogP contribution in [-0.4, -0.2) is 44.1 Å². The van der Waals surface area contributed by atoms with Gasteiger partial charge in [0, 0.05) is 65.9 Å². The lowest BCUT2D eigenvalue weighted by molar-refractivity contribution is 0.0774. The number of rotatable bonds is 7. The van der Waals surface area contributed by atoms with E-state index >= 15 is 0 Å². The summed E-state index contributed by atoms with van der Waals surface area (Å²) in [6, 6.07) is 10.9. The number of fused-ring (bicyclic) bond motifs is 2. The van der Waals surface area contributed by atoms with Crippen molar-refractivity contribution < 1.29 is 4.79 Å². The molecule has 6 nitrogen and oxygen atoms in total. The van der Waals surface area contributed by atoms with Crippen LogP contribution in [0.1, 0.15) is 45.2 Å². The van der Waals surface area contributed by atoms with Crippen LogP contribution in [0.5, 0.6) is 0 Å². The molecule has 0 spiro atoms. The van der Waals surface area contributed by atoms with Crippen molar-refractivity contribution in [3.8, 4) is 0 Å². The molecule has 4 aromatic rings. The minimum atomic E-state index is -0.00231. The summed E-state index contributed by atoms with van der Waals surface area (Å²) in [4.78, 5) is 23.4. The highest BCUT2D eigenvalue weighted by Crippen LogP contribution is 2.34. The lowest BCUT2D eigenvalue weighted by Gasteiger charge is -2.27. The molecule has 0 atom stereocenters. The Balaban J connectivity index is 1.25. The number of nitrogens with zero attached hydrogens (tertiary/aromatic N) is 5. The number of carbonyl (C=O) groups is 1. The van der Waals surface area contributed by atoms with E-state index in [-0.39, 0.29) is 5.91 Å². The lowest BCUT2D eigenvalue weighted by atomic mass is 10.0. The molecule has 1 aliphatic heterocycles. The van der Waals surface area contributed by atoms with Crippen molar-refractivity contribution in [2.75, 3.05) is 13.6 Å². The van der Waals surface area contributed by atoms with Gasteiger partial charge in [-0.1, -0.05) is 18.2 Å². The van der Waals surface area contributed by atoms with Gasteiger partial charge in [0.2, 0.25) is 0 Å². The normalized spacial score (nSPS) is 16.3. The summed E-state index contributed by atoms with van der Waals surface area (Å²) in [5, 5.41) is 8.19. The molecule has 1 aromatic carbocycles. The summed E-state index contributed by atoms with van der Waals surface area (Å²) >= 11 is 3.43. The lowest BCUT2D eigenvalue weighted by Crippen LogP contribution is -2.32. The van der Waals surface area contributed by atoms with Gasteiger partial charge in [-0.2, -0.15) is 5.10 Å². The number of benzene rings is 1. The maximum absolute atomic E-state index is 13.4. The molecule has 6 rings (SSSR count). The first-order valence-corrected chi connectivity index (χ1v) is 13.3. The summed E-state index contributed by atoms with van der Waals surface area (Å²) in [7, 11) is 1.85.